The molecule has 2 aliphatic rings. The first-order valence-electron chi connectivity index (χ1n) is 7.66. The molecule has 6 heteroatoms. The van der Waals surface area contributed by atoms with Gasteiger partial charge < -0.3 is 15.0 Å². The van der Waals surface area contributed by atoms with Crippen LogP contribution >= 0.6 is 11.8 Å². The van der Waals surface area contributed by atoms with Crippen LogP contribution in [0.15, 0.2) is 23.1 Å². The van der Waals surface area contributed by atoms with Crippen LogP contribution in [0.25, 0.3) is 0 Å². The average molecular weight is 324 g/mol. The number of carbonyl (C=O) groups is 1. The third-order valence-corrected chi connectivity index (χ3v) is 5.14. The molecule has 1 N–H and O–H groups in total. The van der Waals surface area contributed by atoms with Gasteiger partial charge in [-0.1, -0.05) is 0 Å². The van der Waals surface area contributed by atoms with E-state index in [0.29, 0.717) is 13.1 Å². The molecule has 1 saturated heterocycles. The molecule has 0 aliphatic carbocycles. The quantitative estimate of drug-likeness (QED) is 0.863. The van der Waals surface area contributed by atoms with Crippen LogP contribution in [0.1, 0.15) is 31.9 Å². The van der Waals surface area contributed by atoms with Crippen LogP contribution in [-0.2, 0) is 4.74 Å². The van der Waals surface area contributed by atoms with E-state index in [9.17, 15) is 9.18 Å². The third-order valence-electron chi connectivity index (χ3n) is 4.02. The number of nitrogens with zero attached hydrogens (tertiary/aromatic N) is 1. The molecule has 3 rings (SSSR count). The molecule has 2 amide bonds. The Morgan fingerprint density at radius 3 is 2.82 bits per heavy atom. The van der Waals surface area contributed by atoms with Crippen LogP contribution in [0, 0.1) is 5.82 Å². The van der Waals surface area contributed by atoms with Crippen molar-refractivity contribution in [1.29, 1.82) is 0 Å². The van der Waals surface area contributed by atoms with Gasteiger partial charge in [-0.2, -0.15) is 0 Å². The number of rotatable bonds is 1. The predicted octanol–water partition coefficient (Wildman–Crippen LogP) is 3.18. The van der Waals surface area contributed by atoms with Crippen LogP contribution in [0.4, 0.5) is 9.18 Å². The number of urea groups is 1. The number of hydrogen-bond donors (Lipinski definition) is 1. The van der Waals surface area contributed by atoms with Crippen molar-refractivity contribution in [1.82, 2.24) is 10.2 Å². The summed E-state index contributed by atoms with van der Waals surface area (Å²) in [5.74, 6) is 0.675. The molecular weight excluding hydrogens is 303 g/mol. The second kappa shape index (κ2) is 6.46. The Balaban J connectivity index is 1.71. The van der Waals surface area contributed by atoms with E-state index in [1.54, 1.807) is 22.7 Å². The molecule has 4 nitrogen and oxygen atoms in total. The molecule has 1 aromatic rings. The van der Waals surface area contributed by atoms with Gasteiger partial charge in [0.15, 0.2) is 0 Å². The molecule has 0 spiro atoms. The summed E-state index contributed by atoms with van der Waals surface area (Å²) in [6, 6.07) is 4.60. The van der Waals surface area contributed by atoms with Crippen molar-refractivity contribution >= 4 is 17.8 Å². The van der Waals surface area contributed by atoms with E-state index in [0.717, 1.165) is 22.6 Å². The van der Waals surface area contributed by atoms with Crippen molar-refractivity contribution in [3.05, 3.63) is 29.6 Å². The molecule has 2 heterocycles. The number of carbonyl (C=O) groups excluding carboxylic acids is 1. The lowest BCUT2D eigenvalue weighted by atomic mass is 10.0. The van der Waals surface area contributed by atoms with Crippen molar-refractivity contribution in [3.8, 4) is 0 Å². The zero-order valence-electron chi connectivity index (χ0n) is 12.8. The minimum absolute atomic E-state index is 0.0427. The number of nitrogens with one attached hydrogen (secondary N) is 1. The second-order valence-corrected chi connectivity index (χ2v) is 7.12. The van der Waals surface area contributed by atoms with Gasteiger partial charge in [0.25, 0.3) is 0 Å². The van der Waals surface area contributed by atoms with Crippen LogP contribution in [0.2, 0.25) is 0 Å². The fraction of sp³-hybridized carbons (Fsp3) is 0.562. The number of halogens is 1. The first kappa shape index (κ1) is 15.6. The van der Waals surface area contributed by atoms with Gasteiger partial charge in [0.05, 0.1) is 18.2 Å². The van der Waals surface area contributed by atoms with E-state index in [-0.39, 0.29) is 30.1 Å². The van der Waals surface area contributed by atoms with E-state index >= 15 is 0 Å². The Morgan fingerprint density at radius 2 is 2.09 bits per heavy atom. The Bertz CT molecular complexity index is 559. The maximum Gasteiger partial charge on any atom is 0.318 e. The molecule has 2 aliphatic heterocycles. The molecular formula is C16H21FN2O2S. The average Bonchev–Trinajstić information content (AvgIpc) is 2.47. The van der Waals surface area contributed by atoms with Gasteiger partial charge in [-0.15, -0.1) is 11.8 Å². The lowest BCUT2D eigenvalue weighted by molar-refractivity contribution is -0.0548. The summed E-state index contributed by atoms with van der Waals surface area (Å²) in [6.45, 7) is 5.12. The monoisotopic (exact) mass is 324 g/mol. The molecule has 1 aromatic carbocycles. The molecule has 3 unspecified atom stereocenters. The number of amides is 2. The number of benzene rings is 1. The Morgan fingerprint density at radius 1 is 1.36 bits per heavy atom. The standard InChI is InChI=1S/C16H21FN2O2S/c1-10-8-19(9-11(2)21-10)16(20)18-14-5-6-22-15-4-3-12(17)7-13(14)15/h3-4,7,10-11,14H,5-6,8-9H2,1-2H3,(H,18,20). The summed E-state index contributed by atoms with van der Waals surface area (Å²) in [5, 5.41) is 3.06. The molecule has 22 heavy (non-hydrogen) atoms. The topological polar surface area (TPSA) is 41.6 Å². The number of hydrogen-bond acceptors (Lipinski definition) is 3. The normalized spacial score (nSPS) is 28.1. The highest BCUT2D eigenvalue weighted by molar-refractivity contribution is 7.99. The van der Waals surface area contributed by atoms with Gasteiger partial charge in [-0.25, -0.2) is 9.18 Å². The molecule has 120 valence electrons. The first-order chi connectivity index (χ1) is 10.5. The zero-order chi connectivity index (χ0) is 15.7. The van der Waals surface area contributed by atoms with Crippen LogP contribution < -0.4 is 5.32 Å². The minimum atomic E-state index is -0.255. The molecule has 0 saturated carbocycles. The second-order valence-electron chi connectivity index (χ2n) is 5.98. The lowest BCUT2D eigenvalue weighted by Gasteiger charge is -2.36. The molecule has 0 bridgehead atoms. The maximum atomic E-state index is 13.5. The van der Waals surface area contributed by atoms with Gasteiger partial charge >= 0.3 is 6.03 Å². The van der Waals surface area contributed by atoms with Gasteiger partial charge in [0.2, 0.25) is 0 Å². The largest absolute Gasteiger partial charge is 0.372 e. The number of fused-ring (bicyclic) bond motifs is 1. The highest BCUT2D eigenvalue weighted by Gasteiger charge is 2.29. The van der Waals surface area contributed by atoms with Crippen LogP contribution in [0.5, 0.6) is 0 Å². The summed E-state index contributed by atoms with van der Waals surface area (Å²) in [5.41, 5.74) is 0.888. The fourth-order valence-corrected chi connectivity index (χ4v) is 4.20. The van der Waals surface area contributed by atoms with E-state index in [4.69, 9.17) is 4.74 Å². The summed E-state index contributed by atoms with van der Waals surface area (Å²) in [4.78, 5) is 15.4. The minimum Gasteiger partial charge on any atom is -0.372 e. The fourth-order valence-electron chi connectivity index (χ4n) is 3.10. The van der Waals surface area contributed by atoms with E-state index in [1.165, 1.54) is 12.1 Å². The molecule has 3 atom stereocenters. The summed E-state index contributed by atoms with van der Waals surface area (Å²) >= 11 is 1.71. The number of morpholine rings is 1. The van der Waals surface area contributed by atoms with Gasteiger partial charge in [-0.3, -0.25) is 0 Å². The van der Waals surface area contributed by atoms with Gasteiger partial charge in [0.1, 0.15) is 5.82 Å². The highest BCUT2D eigenvalue weighted by Crippen LogP contribution is 2.36. The molecule has 0 radical (unpaired) electrons. The van der Waals surface area contributed by atoms with E-state index < -0.39 is 0 Å². The van der Waals surface area contributed by atoms with Crippen molar-refractivity contribution < 1.29 is 13.9 Å². The molecule has 1 fully saturated rings. The van der Waals surface area contributed by atoms with Crippen molar-refractivity contribution in [2.45, 2.75) is 43.4 Å². The summed E-state index contributed by atoms with van der Waals surface area (Å²) in [7, 11) is 0. The van der Waals surface area contributed by atoms with Crippen LogP contribution in [-0.4, -0.2) is 42.0 Å². The van der Waals surface area contributed by atoms with E-state index in [1.807, 2.05) is 13.8 Å². The van der Waals surface area contributed by atoms with Gasteiger partial charge in [-0.05, 0) is 44.0 Å². The zero-order valence-corrected chi connectivity index (χ0v) is 13.7. The molecule has 0 aromatic heterocycles. The Kier molecular flexibility index (Phi) is 4.59. The Labute approximate surface area is 134 Å². The third kappa shape index (κ3) is 3.38. The number of thioether (sulfide) groups is 1. The SMILES string of the molecule is CC1CN(C(=O)NC2CCSc3ccc(F)cc32)CC(C)O1. The summed E-state index contributed by atoms with van der Waals surface area (Å²) < 4.78 is 19.2. The van der Waals surface area contributed by atoms with Crippen molar-refractivity contribution in [3.63, 3.8) is 0 Å². The van der Waals surface area contributed by atoms with Crippen LogP contribution in [0.3, 0.4) is 0 Å². The lowest BCUT2D eigenvalue weighted by Crippen LogP contribution is -2.52. The Hall–Kier alpha value is -1.27. The smallest absolute Gasteiger partial charge is 0.318 e. The first-order valence-corrected chi connectivity index (χ1v) is 8.64. The summed E-state index contributed by atoms with van der Waals surface area (Å²) in [6.07, 6.45) is 0.907. The number of ether oxygens (including phenoxy) is 1. The highest BCUT2D eigenvalue weighted by atomic mass is 32.2. The van der Waals surface area contributed by atoms with Crippen molar-refractivity contribution in [2.24, 2.45) is 0 Å². The maximum absolute atomic E-state index is 13.5. The van der Waals surface area contributed by atoms with Crippen molar-refractivity contribution in [2.75, 3.05) is 18.8 Å². The van der Waals surface area contributed by atoms with Gasteiger partial charge in [0, 0.05) is 23.7 Å². The predicted molar refractivity (Wildman–Crippen MR) is 84.6 cm³/mol. The van der Waals surface area contributed by atoms with E-state index in [2.05, 4.69) is 5.32 Å².